The van der Waals surface area contributed by atoms with Gasteiger partial charge < -0.3 is 20.4 Å². The Bertz CT molecular complexity index is 957. The lowest BCUT2D eigenvalue weighted by Crippen LogP contribution is -2.48. The molecular weight excluding hydrogens is 406 g/mol. The third-order valence-corrected chi connectivity index (χ3v) is 5.88. The number of piperazine rings is 1. The van der Waals surface area contributed by atoms with Gasteiger partial charge in [0, 0.05) is 57.8 Å². The highest BCUT2D eigenvalue weighted by atomic mass is 16.2. The van der Waals surface area contributed by atoms with Gasteiger partial charge in [-0.05, 0) is 24.3 Å². The SMILES string of the molecule is O=C(CCC(=O)N1CC(=O)Nc2ccccc21)NCCN1CCN(c2ccccc2)CC1. The van der Waals surface area contributed by atoms with Gasteiger partial charge in [-0.25, -0.2) is 0 Å². The van der Waals surface area contributed by atoms with Crippen LogP contribution >= 0.6 is 0 Å². The normalized spacial score (nSPS) is 16.3. The number of carbonyl (C=O) groups is 3. The van der Waals surface area contributed by atoms with Gasteiger partial charge in [-0.2, -0.15) is 0 Å². The van der Waals surface area contributed by atoms with Crippen LogP contribution in [0.15, 0.2) is 54.6 Å². The Balaban J connectivity index is 1.16. The minimum absolute atomic E-state index is 0.0214. The number of rotatable bonds is 7. The lowest BCUT2D eigenvalue weighted by atomic mass is 10.1. The predicted molar refractivity (Wildman–Crippen MR) is 125 cm³/mol. The molecule has 1 fully saturated rings. The summed E-state index contributed by atoms with van der Waals surface area (Å²) in [6.45, 7) is 5.19. The van der Waals surface area contributed by atoms with Crippen molar-refractivity contribution in [1.82, 2.24) is 10.2 Å². The summed E-state index contributed by atoms with van der Waals surface area (Å²) in [7, 11) is 0. The van der Waals surface area contributed by atoms with Crippen molar-refractivity contribution in [2.75, 3.05) is 60.9 Å². The molecule has 2 aromatic rings. The monoisotopic (exact) mass is 435 g/mol. The van der Waals surface area contributed by atoms with E-state index in [0.717, 1.165) is 32.7 Å². The maximum absolute atomic E-state index is 12.6. The number of fused-ring (bicyclic) bond motifs is 1. The summed E-state index contributed by atoms with van der Waals surface area (Å²) in [6, 6.07) is 17.6. The highest BCUT2D eigenvalue weighted by Gasteiger charge is 2.26. The molecule has 0 saturated carbocycles. The van der Waals surface area contributed by atoms with Crippen molar-refractivity contribution in [3.8, 4) is 0 Å². The second-order valence-electron chi connectivity index (χ2n) is 8.06. The number of nitrogens with zero attached hydrogens (tertiary/aromatic N) is 3. The standard InChI is InChI=1S/C24H29N5O3/c30-22(10-11-24(32)29-18-23(31)26-20-8-4-5-9-21(20)29)25-12-13-27-14-16-28(17-15-27)19-6-2-1-3-7-19/h1-9H,10-18H2,(H,25,30)(H,26,31). The van der Waals surface area contributed by atoms with Crippen molar-refractivity contribution in [3.63, 3.8) is 0 Å². The Kier molecular flexibility index (Phi) is 7.01. The molecule has 1 saturated heterocycles. The number of benzene rings is 2. The molecule has 0 bridgehead atoms. The minimum Gasteiger partial charge on any atom is -0.369 e. The van der Waals surface area contributed by atoms with Gasteiger partial charge in [0.25, 0.3) is 0 Å². The van der Waals surface area contributed by atoms with Crippen LogP contribution < -0.4 is 20.4 Å². The Hall–Kier alpha value is -3.39. The third kappa shape index (κ3) is 5.45. The number of anilines is 3. The molecule has 0 unspecified atom stereocenters. The minimum atomic E-state index is -0.228. The molecule has 2 aliphatic rings. The third-order valence-electron chi connectivity index (χ3n) is 5.88. The second kappa shape index (κ2) is 10.3. The number of nitrogens with one attached hydrogen (secondary N) is 2. The first kappa shape index (κ1) is 21.8. The molecule has 0 aliphatic carbocycles. The Morgan fingerprint density at radius 1 is 0.906 bits per heavy atom. The molecule has 0 atom stereocenters. The first-order valence-electron chi connectivity index (χ1n) is 11.1. The van der Waals surface area contributed by atoms with E-state index in [4.69, 9.17) is 0 Å². The summed E-state index contributed by atoms with van der Waals surface area (Å²) in [6.07, 6.45) is 0.185. The molecule has 2 aliphatic heterocycles. The highest BCUT2D eigenvalue weighted by molar-refractivity contribution is 6.10. The van der Waals surface area contributed by atoms with Crippen LogP contribution in [-0.4, -0.2) is 68.4 Å². The number of para-hydroxylation sites is 3. The van der Waals surface area contributed by atoms with Crippen molar-refractivity contribution < 1.29 is 14.4 Å². The molecule has 3 amide bonds. The molecule has 0 aromatic heterocycles. The van der Waals surface area contributed by atoms with Crippen molar-refractivity contribution in [2.45, 2.75) is 12.8 Å². The Labute approximate surface area is 188 Å². The van der Waals surface area contributed by atoms with Crippen LogP contribution in [-0.2, 0) is 14.4 Å². The molecule has 0 spiro atoms. The topological polar surface area (TPSA) is 85.0 Å². The van der Waals surface area contributed by atoms with E-state index in [1.807, 2.05) is 18.2 Å². The molecule has 32 heavy (non-hydrogen) atoms. The molecule has 4 rings (SSSR count). The zero-order valence-electron chi connectivity index (χ0n) is 18.1. The van der Waals surface area contributed by atoms with E-state index in [9.17, 15) is 14.4 Å². The zero-order valence-corrected chi connectivity index (χ0v) is 18.1. The summed E-state index contributed by atoms with van der Waals surface area (Å²) in [5.41, 5.74) is 2.54. The summed E-state index contributed by atoms with van der Waals surface area (Å²) in [5, 5.41) is 5.68. The van der Waals surface area contributed by atoms with Crippen molar-refractivity contribution in [1.29, 1.82) is 0 Å². The summed E-state index contributed by atoms with van der Waals surface area (Å²) in [5.74, 6) is -0.593. The molecule has 2 aromatic carbocycles. The van der Waals surface area contributed by atoms with Crippen LogP contribution in [0.5, 0.6) is 0 Å². The van der Waals surface area contributed by atoms with Crippen LogP contribution in [0.3, 0.4) is 0 Å². The number of hydrogen-bond donors (Lipinski definition) is 2. The summed E-state index contributed by atoms with van der Waals surface area (Å²) >= 11 is 0. The van der Waals surface area contributed by atoms with Crippen LogP contribution in [0, 0.1) is 0 Å². The Morgan fingerprint density at radius 2 is 1.62 bits per heavy atom. The first-order valence-corrected chi connectivity index (χ1v) is 11.1. The number of amides is 3. The van der Waals surface area contributed by atoms with E-state index in [0.29, 0.717) is 17.9 Å². The quantitative estimate of drug-likeness (QED) is 0.692. The van der Waals surface area contributed by atoms with E-state index >= 15 is 0 Å². The van der Waals surface area contributed by atoms with E-state index in [1.165, 1.54) is 10.6 Å². The van der Waals surface area contributed by atoms with Gasteiger partial charge in [-0.1, -0.05) is 30.3 Å². The summed E-state index contributed by atoms with van der Waals surface area (Å²) in [4.78, 5) is 42.9. The van der Waals surface area contributed by atoms with E-state index in [-0.39, 0.29) is 37.1 Å². The van der Waals surface area contributed by atoms with Crippen LogP contribution in [0.4, 0.5) is 17.1 Å². The van der Waals surface area contributed by atoms with E-state index < -0.39 is 0 Å². The fourth-order valence-electron chi connectivity index (χ4n) is 4.12. The molecule has 168 valence electrons. The van der Waals surface area contributed by atoms with Crippen LogP contribution in [0.2, 0.25) is 0 Å². The van der Waals surface area contributed by atoms with Crippen molar-refractivity contribution >= 4 is 34.8 Å². The lowest BCUT2D eigenvalue weighted by molar-refractivity contribution is -0.125. The van der Waals surface area contributed by atoms with Gasteiger partial charge >= 0.3 is 0 Å². The van der Waals surface area contributed by atoms with Crippen molar-refractivity contribution in [2.24, 2.45) is 0 Å². The van der Waals surface area contributed by atoms with Gasteiger partial charge in [-0.3, -0.25) is 19.3 Å². The molecule has 2 heterocycles. The average Bonchev–Trinajstić information content (AvgIpc) is 2.83. The maximum Gasteiger partial charge on any atom is 0.244 e. The van der Waals surface area contributed by atoms with Gasteiger partial charge in [-0.15, -0.1) is 0 Å². The van der Waals surface area contributed by atoms with E-state index in [1.54, 1.807) is 12.1 Å². The van der Waals surface area contributed by atoms with Gasteiger partial charge in [0.2, 0.25) is 17.7 Å². The summed E-state index contributed by atoms with van der Waals surface area (Å²) < 4.78 is 0. The van der Waals surface area contributed by atoms with Crippen LogP contribution in [0.25, 0.3) is 0 Å². The molecule has 8 nitrogen and oxygen atoms in total. The predicted octanol–water partition coefficient (Wildman–Crippen LogP) is 1.69. The van der Waals surface area contributed by atoms with Gasteiger partial charge in [0.1, 0.15) is 6.54 Å². The molecular formula is C24H29N5O3. The fraction of sp³-hybridized carbons (Fsp3) is 0.375. The maximum atomic E-state index is 12.6. The van der Waals surface area contributed by atoms with Crippen molar-refractivity contribution in [3.05, 3.63) is 54.6 Å². The second-order valence-corrected chi connectivity index (χ2v) is 8.06. The van der Waals surface area contributed by atoms with Gasteiger partial charge in [0.05, 0.1) is 11.4 Å². The average molecular weight is 436 g/mol. The van der Waals surface area contributed by atoms with E-state index in [2.05, 4.69) is 44.7 Å². The van der Waals surface area contributed by atoms with Gasteiger partial charge in [0.15, 0.2) is 0 Å². The van der Waals surface area contributed by atoms with Crippen LogP contribution in [0.1, 0.15) is 12.8 Å². The largest absolute Gasteiger partial charge is 0.369 e. The fourth-order valence-corrected chi connectivity index (χ4v) is 4.12. The highest BCUT2D eigenvalue weighted by Crippen LogP contribution is 2.29. The Morgan fingerprint density at radius 3 is 2.41 bits per heavy atom. The lowest BCUT2D eigenvalue weighted by Gasteiger charge is -2.36. The molecule has 0 radical (unpaired) electrons. The molecule has 8 heteroatoms. The smallest absolute Gasteiger partial charge is 0.244 e. The molecule has 2 N–H and O–H groups in total. The zero-order chi connectivity index (χ0) is 22.3. The number of carbonyl (C=O) groups excluding carboxylic acids is 3. The number of hydrogen-bond acceptors (Lipinski definition) is 5. The first-order chi connectivity index (χ1) is 15.6.